The molecule has 0 saturated carbocycles. The summed E-state index contributed by atoms with van der Waals surface area (Å²) in [6, 6.07) is 0. The highest BCUT2D eigenvalue weighted by Gasteiger charge is 2.06. The van der Waals surface area contributed by atoms with Crippen LogP contribution in [-0.4, -0.2) is 38.4 Å². The lowest BCUT2D eigenvalue weighted by molar-refractivity contribution is 0.311. The van der Waals surface area contributed by atoms with Crippen molar-refractivity contribution < 1.29 is 5.11 Å². The summed E-state index contributed by atoms with van der Waals surface area (Å²) in [7, 11) is 0. The summed E-state index contributed by atoms with van der Waals surface area (Å²) in [5, 5.41) is 18.9. The molecule has 0 radical (unpaired) electrons. The number of aromatic amines is 1. The number of aromatic nitrogens is 4. The number of hydrogen-bond acceptors (Lipinski definition) is 6. The highest BCUT2D eigenvalue weighted by molar-refractivity contribution is 5.86. The Morgan fingerprint density at radius 3 is 3.14 bits per heavy atom. The average molecular weight is 194 g/mol. The van der Waals surface area contributed by atoms with Gasteiger partial charge in [0.05, 0.1) is 18.2 Å². The number of nitrogens with zero attached hydrogens (tertiary/aromatic N) is 3. The number of nitrogen functional groups attached to an aromatic ring is 1. The lowest BCUT2D eigenvalue weighted by atomic mass is 10.4. The van der Waals surface area contributed by atoms with Crippen LogP contribution in [0.3, 0.4) is 0 Å². The molecule has 0 aromatic carbocycles. The summed E-state index contributed by atoms with van der Waals surface area (Å²) in [6.45, 7) is 0.444. The Morgan fingerprint density at radius 1 is 1.50 bits per heavy atom. The third-order valence-electron chi connectivity index (χ3n) is 1.73. The second-order valence-corrected chi connectivity index (χ2v) is 2.71. The van der Waals surface area contributed by atoms with Crippen molar-refractivity contribution >= 4 is 22.8 Å². The van der Waals surface area contributed by atoms with Gasteiger partial charge in [0.2, 0.25) is 5.95 Å². The van der Waals surface area contributed by atoms with Crippen LogP contribution in [0.2, 0.25) is 0 Å². The van der Waals surface area contributed by atoms with E-state index in [9.17, 15) is 0 Å². The Bertz CT molecular complexity index is 439. The third-order valence-corrected chi connectivity index (χ3v) is 1.73. The third kappa shape index (κ3) is 1.44. The predicted molar refractivity (Wildman–Crippen MR) is 51.7 cm³/mol. The van der Waals surface area contributed by atoms with Crippen molar-refractivity contribution in [2.45, 2.75) is 0 Å². The number of hydrogen-bond donors (Lipinski definition) is 4. The molecule has 0 saturated heterocycles. The fourth-order valence-corrected chi connectivity index (χ4v) is 1.16. The fraction of sp³-hybridized carbons (Fsp3) is 0.286. The van der Waals surface area contributed by atoms with Gasteiger partial charge in [-0.2, -0.15) is 15.1 Å². The molecule has 74 valence electrons. The van der Waals surface area contributed by atoms with Gasteiger partial charge in [-0.05, 0) is 0 Å². The molecule has 0 atom stereocenters. The Kier molecular flexibility index (Phi) is 2.15. The van der Waals surface area contributed by atoms with Crippen LogP contribution in [0.5, 0.6) is 0 Å². The van der Waals surface area contributed by atoms with Gasteiger partial charge in [0.1, 0.15) is 5.82 Å². The molecule has 0 fully saturated rings. The normalized spacial score (nSPS) is 10.6. The van der Waals surface area contributed by atoms with Crippen LogP contribution in [-0.2, 0) is 0 Å². The fourth-order valence-electron chi connectivity index (χ4n) is 1.16. The van der Waals surface area contributed by atoms with E-state index >= 15 is 0 Å². The molecule has 0 bridgehead atoms. The smallest absolute Gasteiger partial charge is 0.224 e. The molecule has 0 aliphatic rings. The first kappa shape index (κ1) is 8.70. The molecule has 2 rings (SSSR count). The largest absolute Gasteiger partial charge is 0.395 e. The van der Waals surface area contributed by atoms with Crippen molar-refractivity contribution in [3.63, 3.8) is 0 Å². The highest BCUT2D eigenvalue weighted by atomic mass is 16.3. The Balaban J connectivity index is 2.44. The van der Waals surface area contributed by atoms with Gasteiger partial charge in [0, 0.05) is 6.54 Å². The van der Waals surface area contributed by atoms with Crippen LogP contribution >= 0.6 is 0 Å². The van der Waals surface area contributed by atoms with Crippen LogP contribution in [0.1, 0.15) is 0 Å². The predicted octanol–water partition coefficient (Wildman–Crippen LogP) is -0.661. The zero-order chi connectivity index (χ0) is 9.97. The maximum absolute atomic E-state index is 8.66. The summed E-state index contributed by atoms with van der Waals surface area (Å²) in [5.41, 5.74) is 6.06. The highest BCUT2D eigenvalue weighted by Crippen LogP contribution is 2.17. The van der Waals surface area contributed by atoms with Gasteiger partial charge in [-0.3, -0.25) is 5.10 Å². The van der Waals surface area contributed by atoms with Crippen molar-refractivity contribution in [3.8, 4) is 0 Å². The van der Waals surface area contributed by atoms with E-state index in [2.05, 4.69) is 25.5 Å². The zero-order valence-corrected chi connectivity index (χ0v) is 7.36. The minimum absolute atomic E-state index is 0.0310. The van der Waals surface area contributed by atoms with Crippen molar-refractivity contribution in [3.05, 3.63) is 6.20 Å². The number of rotatable bonds is 3. The van der Waals surface area contributed by atoms with Gasteiger partial charge in [0.25, 0.3) is 0 Å². The van der Waals surface area contributed by atoms with Crippen LogP contribution in [0, 0.1) is 0 Å². The summed E-state index contributed by atoms with van der Waals surface area (Å²) < 4.78 is 0. The van der Waals surface area contributed by atoms with E-state index in [-0.39, 0.29) is 12.6 Å². The van der Waals surface area contributed by atoms with Gasteiger partial charge in [-0.1, -0.05) is 0 Å². The minimum atomic E-state index is 0.0310. The first-order valence-electron chi connectivity index (χ1n) is 4.12. The van der Waals surface area contributed by atoms with Crippen LogP contribution in [0.25, 0.3) is 11.0 Å². The van der Waals surface area contributed by atoms with Gasteiger partial charge in [-0.15, -0.1) is 0 Å². The van der Waals surface area contributed by atoms with Crippen molar-refractivity contribution in [1.82, 2.24) is 20.2 Å². The molecule has 2 aromatic heterocycles. The number of nitrogens with one attached hydrogen (secondary N) is 2. The Morgan fingerprint density at radius 2 is 2.36 bits per heavy atom. The zero-order valence-electron chi connectivity index (χ0n) is 7.36. The molecule has 2 aromatic rings. The van der Waals surface area contributed by atoms with E-state index in [0.29, 0.717) is 18.0 Å². The Hall–Kier alpha value is -1.89. The number of nitrogens with two attached hydrogens (primary N) is 1. The summed E-state index contributed by atoms with van der Waals surface area (Å²) in [4.78, 5) is 7.95. The van der Waals surface area contributed by atoms with Crippen LogP contribution < -0.4 is 11.1 Å². The monoisotopic (exact) mass is 194 g/mol. The molecule has 0 aliphatic carbocycles. The van der Waals surface area contributed by atoms with E-state index < -0.39 is 0 Å². The molecule has 7 nitrogen and oxygen atoms in total. The molecule has 5 N–H and O–H groups in total. The first-order valence-corrected chi connectivity index (χ1v) is 4.12. The van der Waals surface area contributed by atoms with E-state index in [0.717, 1.165) is 5.39 Å². The van der Waals surface area contributed by atoms with Gasteiger partial charge in [-0.25, -0.2) is 0 Å². The van der Waals surface area contributed by atoms with Gasteiger partial charge in [0.15, 0.2) is 5.65 Å². The number of H-pyrrole nitrogens is 1. The Labute approximate surface area is 79.4 Å². The lowest BCUT2D eigenvalue weighted by Gasteiger charge is -2.04. The molecule has 0 aliphatic heterocycles. The standard InChI is InChI=1S/C7H10N6O/c8-7-11-5(9-1-2-14)4-3-10-13-6(4)12-7/h3,14H,1-2H2,(H4,8,9,10,11,12,13). The first-order chi connectivity index (χ1) is 6.81. The van der Waals surface area contributed by atoms with E-state index in [1.165, 1.54) is 0 Å². The second-order valence-electron chi connectivity index (χ2n) is 2.71. The van der Waals surface area contributed by atoms with Crippen LogP contribution in [0.15, 0.2) is 6.20 Å². The van der Waals surface area contributed by atoms with Crippen molar-refractivity contribution in [2.75, 3.05) is 24.2 Å². The molecular formula is C7H10N6O. The molecule has 0 amide bonds. The summed E-state index contributed by atoms with van der Waals surface area (Å²) in [5.74, 6) is 0.748. The summed E-state index contributed by atoms with van der Waals surface area (Å²) >= 11 is 0. The van der Waals surface area contributed by atoms with E-state index in [4.69, 9.17) is 10.8 Å². The molecule has 2 heterocycles. The van der Waals surface area contributed by atoms with E-state index in [1.54, 1.807) is 6.20 Å². The molecule has 14 heavy (non-hydrogen) atoms. The van der Waals surface area contributed by atoms with Gasteiger partial charge < -0.3 is 16.2 Å². The number of aliphatic hydroxyl groups is 1. The van der Waals surface area contributed by atoms with Crippen molar-refractivity contribution in [1.29, 1.82) is 0 Å². The number of fused-ring (bicyclic) bond motifs is 1. The number of aliphatic hydroxyl groups excluding tert-OH is 1. The average Bonchev–Trinajstić information content (AvgIpc) is 2.61. The molecule has 0 spiro atoms. The second kappa shape index (κ2) is 3.46. The lowest BCUT2D eigenvalue weighted by Crippen LogP contribution is -2.08. The van der Waals surface area contributed by atoms with E-state index in [1.807, 2.05) is 0 Å². The van der Waals surface area contributed by atoms with Crippen LogP contribution in [0.4, 0.5) is 11.8 Å². The topological polar surface area (TPSA) is 113 Å². The minimum Gasteiger partial charge on any atom is -0.395 e. The van der Waals surface area contributed by atoms with Gasteiger partial charge >= 0.3 is 0 Å². The molecular weight excluding hydrogens is 184 g/mol. The number of anilines is 2. The van der Waals surface area contributed by atoms with Crippen molar-refractivity contribution in [2.24, 2.45) is 0 Å². The summed E-state index contributed by atoms with van der Waals surface area (Å²) in [6.07, 6.45) is 1.61. The molecule has 7 heteroatoms. The quantitative estimate of drug-likeness (QED) is 0.516. The SMILES string of the molecule is Nc1nc(NCCO)c2cn[nH]c2n1. The maximum atomic E-state index is 8.66. The molecule has 0 unspecified atom stereocenters. The maximum Gasteiger partial charge on any atom is 0.224 e.